The number of aromatic amines is 1. The van der Waals surface area contributed by atoms with E-state index in [-0.39, 0.29) is 30.5 Å². The fourth-order valence-corrected chi connectivity index (χ4v) is 5.70. The second kappa shape index (κ2) is 7.48. The molecule has 4 heterocycles. The first-order valence-corrected chi connectivity index (χ1v) is 11.5. The molecule has 3 atom stereocenters. The summed E-state index contributed by atoms with van der Waals surface area (Å²) in [5.74, 6) is 0.0390. The van der Waals surface area contributed by atoms with Gasteiger partial charge in [0, 0.05) is 36.2 Å². The second-order valence-corrected chi connectivity index (χ2v) is 9.25. The summed E-state index contributed by atoms with van der Waals surface area (Å²) in [7, 11) is 0. The molecular formula is C26H27N3O3. The fraction of sp³-hybridized carbons (Fsp3) is 0.385. The topological polar surface area (TPSA) is 65.6 Å². The molecule has 6 nitrogen and oxygen atoms in total. The number of nitrogens with zero attached hydrogens (tertiary/aromatic N) is 2. The average molecular weight is 430 g/mol. The van der Waals surface area contributed by atoms with Gasteiger partial charge in [0.2, 0.25) is 11.8 Å². The molecule has 1 aromatic heterocycles. The number of rotatable bonds is 3. The predicted octanol–water partition coefficient (Wildman–Crippen LogP) is 3.34. The SMILES string of the molecule is Cc1cccc([C@H]2c3[nH]c4ccccc4c3C[C@H]3C(=O)N(C[C@H]4CCCO4)CC(=O)N23)c1. The zero-order chi connectivity index (χ0) is 21.8. The van der Waals surface area contributed by atoms with Crippen molar-refractivity contribution in [1.29, 1.82) is 0 Å². The molecule has 3 aromatic rings. The first-order chi connectivity index (χ1) is 15.6. The summed E-state index contributed by atoms with van der Waals surface area (Å²) in [6, 6.07) is 15.7. The summed E-state index contributed by atoms with van der Waals surface area (Å²) >= 11 is 0. The molecule has 32 heavy (non-hydrogen) atoms. The van der Waals surface area contributed by atoms with Gasteiger partial charge in [0.15, 0.2) is 0 Å². The van der Waals surface area contributed by atoms with Gasteiger partial charge < -0.3 is 19.5 Å². The highest BCUT2D eigenvalue weighted by atomic mass is 16.5. The van der Waals surface area contributed by atoms with Crippen molar-refractivity contribution >= 4 is 22.7 Å². The minimum atomic E-state index is -0.491. The maximum absolute atomic E-state index is 13.7. The largest absolute Gasteiger partial charge is 0.376 e. The number of carbonyl (C=O) groups is 2. The Morgan fingerprint density at radius 1 is 1.12 bits per heavy atom. The van der Waals surface area contributed by atoms with Crippen LogP contribution in [0.3, 0.4) is 0 Å². The van der Waals surface area contributed by atoms with Gasteiger partial charge in [0.1, 0.15) is 6.04 Å². The number of carbonyl (C=O) groups excluding carboxylic acids is 2. The summed E-state index contributed by atoms with van der Waals surface area (Å²) in [4.78, 5) is 34.3. The van der Waals surface area contributed by atoms with E-state index in [2.05, 4.69) is 42.2 Å². The van der Waals surface area contributed by atoms with Gasteiger partial charge in [-0.2, -0.15) is 0 Å². The Morgan fingerprint density at radius 3 is 2.81 bits per heavy atom. The number of H-pyrrole nitrogens is 1. The molecular weight excluding hydrogens is 402 g/mol. The molecule has 3 aliphatic rings. The van der Waals surface area contributed by atoms with Gasteiger partial charge in [-0.3, -0.25) is 9.59 Å². The Kier molecular flexibility index (Phi) is 4.57. The number of aromatic nitrogens is 1. The van der Waals surface area contributed by atoms with Crippen molar-refractivity contribution in [3.05, 3.63) is 70.9 Å². The van der Waals surface area contributed by atoms with Crippen molar-refractivity contribution < 1.29 is 14.3 Å². The first-order valence-electron chi connectivity index (χ1n) is 11.5. The number of piperazine rings is 1. The molecule has 0 bridgehead atoms. The highest BCUT2D eigenvalue weighted by Gasteiger charge is 2.48. The lowest BCUT2D eigenvalue weighted by Crippen LogP contribution is -2.63. The monoisotopic (exact) mass is 429 g/mol. The second-order valence-electron chi connectivity index (χ2n) is 9.25. The lowest BCUT2D eigenvalue weighted by molar-refractivity contribution is -0.159. The highest BCUT2D eigenvalue weighted by molar-refractivity contribution is 5.97. The van der Waals surface area contributed by atoms with Gasteiger partial charge in [-0.15, -0.1) is 0 Å². The van der Waals surface area contributed by atoms with Crippen LogP contribution in [0.2, 0.25) is 0 Å². The maximum atomic E-state index is 13.7. The van der Waals surface area contributed by atoms with E-state index >= 15 is 0 Å². The van der Waals surface area contributed by atoms with E-state index in [1.807, 2.05) is 23.1 Å². The molecule has 6 heteroatoms. The standard InChI is InChI=1S/C26H27N3O3/c1-16-6-4-7-17(12-16)25-24-20(19-9-2-3-10-21(19)27-24)13-22-26(31)28(15-23(30)29(22)25)14-18-8-5-11-32-18/h2-4,6-7,9-10,12,18,22,25,27H,5,8,11,13-15H2,1H3/t18-,22+,25+/m1/s1. The number of nitrogens with one attached hydrogen (secondary N) is 1. The van der Waals surface area contributed by atoms with Crippen LogP contribution in [0.15, 0.2) is 48.5 Å². The molecule has 6 rings (SSSR count). The molecule has 2 aromatic carbocycles. The van der Waals surface area contributed by atoms with Crippen LogP contribution in [0.4, 0.5) is 0 Å². The van der Waals surface area contributed by atoms with Gasteiger partial charge in [0.05, 0.1) is 18.7 Å². The molecule has 2 amide bonds. The van der Waals surface area contributed by atoms with Crippen LogP contribution in [-0.4, -0.2) is 58.4 Å². The zero-order valence-corrected chi connectivity index (χ0v) is 18.2. The number of amides is 2. The van der Waals surface area contributed by atoms with E-state index in [0.717, 1.165) is 52.7 Å². The van der Waals surface area contributed by atoms with Gasteiger partial charge >= 0.3 is 0 Å². The Bertz CT molecular complexity index is 1210. The Labute approximate surface area is 187 Å². The highest BCUT2D eigenvalue weighted by Crippen LogP contribution is 2.42. The summed E-state index contributed by atoms with van der Waals surface area (Å²) in [5, 5.41) is 1.14. The minimum absolute atomic E-state index is 0.00316. The van der Waals surface area contributed by atoms with Crippen molar-refractivity contribution in [3.8, 4) is 0 Å². The van der Waals surface area contributed by atoms with Gasteiger partial charge in [-0.25, -0.2) is 0 Å². The molecule has 0 unspecified atom stereocenters. The first kappa shape index (κ1) is 19.6. The molecule has 164 valence electrons. The van der Waals surface area contributed by atoms with Crippen LogP contribution in [0.1, 0.15) is 41.3 Å². The number of para-hydroxylation sites is 1. The summed E-state index contributed by atoms with van der Waals surface area (Å²) in [5.41, 5.74) is 5.40. The molecule has 0 radical (unpaired) electrons. The van der Waals surface area contributed by atoms with E-state index in [1.165, 1.54) is 0 Å². The van der Waals surface area contributed by atoms with Crippen molar-refractivity contribution in [2.24, 2.45) is 0 Å². The van der Waals surface area contributed by atoms with Crippen molar-refractivity contribution in [2.45, 2.75) is 44.4 Å². The number of aryl methyl sites for hydroxylation is 1. The van der Waals surface area contributed by atoms with E-state index in [0.29, 0.717) is 13.0 Å². The summed E-state index contributed by atoms with van der Waals surface area (Å²) in [6.07, 6.45) is 2.54. The number of hydrogen-bond acceptors (Lipinski definition) is 3. The molecule has 2 saturated heterocycles. The van der Waals surface area contributed by atoms with Crippen LogP contribution in [0, 0.1) is 6.92 Å². The van der Waals surface area contributed by atoms with Crippen LogP contribution >= 0.6 is 0 Å². The summed E-state index contributed by atoms with van der Waals surface area (Å²) in [6.45, 7) is 3.42. The van der Waals surface area contributed by atoms with Gasteiger partial charge in [0.25, 0.3) is 0 Å². The third-order valence-electron chi connectivity index (χ3n) is 7.15. The van der Waals surface area contributed by atoms with Crippen LogP contribution in [0.5, 0.6) is 0 Å². The molecule has 3 aliphatic heterocycles. The molecule has 2 fully saturated rings. The van der Waals surface area contributed by atoms with Crippen molar-refractivity contribution in [2.75, 3.05) is 19.7 Å². The number of hydrogen-bond donors (Lipinski definition) is 1. The quantitative estimate of drug-likeness (QED) is 0.695. The van der Waals surface area contributed by atoms with Gasteiger partial charge in [-0.1, -0.05) is 48.0 Å². The lowest BCUT2D eigenvalue weighted by Gasteiger charge is -2.47. The Morgan fingerprint density at radius 2 is 2.00 bits per heavy atom. The maximum Gasteiger partial charge on any atom is 0.246 e. The number of ether oxygens (including phenoxy) is 1. The molecule has 1 N–H and O–H groups in total. The average Bonchev–Trinajstić information content (AvgIpc) is 3.43. The smallest absolute Gasteiger partial charge is 0.246 e. The van der Waals surface area contributed by atoms with Gasteiger partial charge in [-0.05, 0) is 37.0 Å². The van der Waals surface area contributed by atoms with Crippen LogP contribution in [-0.2, 0) is 20.7 Å². The Hall–Kier alpha value is -3.12. The predicted molar refractivity (Wildman–Crippen MR) is 121 cm³/mol. The van der Waals surface area contributed by atoms with Crippen molar-refractivity contribution in [1.82, 2.24) is 14.8 Å². The summed E-state index contributed by atoms with van der Waals surface area (Å²) < 4.78 is 5.76. The molecule has 0 saturated carbocycles. The number of fused-ring (bicyclic) bond motifs is 4. The molecule has 0 aliphatic carbocycles. The normalized spacial score (nSPS) is 25.3. The number of benzene rings is 2. The Balaban J connectivity index is 1.46. The van der Waals surface area contributed by atoms with Crippen LogP contribution in [0.25, 0.3) is 10.9 Å². The third kappa shape index (κ3) is 3.05. The lowest BCUT2D eigenvalue weighted by atomic mass is 9.86. The van der Waals surface area contributed by atoms with E-state index in [9.17, 15) is 9.59 Å². The van der Waals surface area contributed by atoms with E-state index in [4.69, 9.17) is 4.74 Å². The molecule has 0 spiro atoms. The van der Waals surface area contributed by atoms with E-state index < -0.39 is 6.04 Å². The fourth-order valence-electron chi connectivity index (χ4n) is 5.70. The minimum Gasteiger partial charge on any atom is -0.376 e. The van der Waals surface area contributed by atoms with Crippen molar-refractivity contribution in [3.63, 3.8) is 0 Å². The van der Waals surface area contributed by atoms with Crippen LogP contribution < -0.4 is 0 Å². The third-order valence-corrected chi connectivity index (χ3v) is 7.15. The zero-order valence-electron chi connectivity index (χ0n) is 18.2. The van der Waals surface area contributed by atoms with E-state index in [1.54, 1.807) is 4.90 Å².